The van der Waals surface area contributed by atoms with Crippen molar-refractivity contribution < 1.29 is 26.8 Å². The van der Waals surface area contributed by atoms with Gasteiger partial charge in [-0.15, -0.1) is 5.10 Å². The van der Waals surface area contributed by atoms with E-state index in [2.05, 4.69) is 15.5 Å². The second-order valence-electron chi connectivity index (χ2n) is 3.77. The van der Waals surface area contributed by atoms with E-state index in [9.17, 15) is 22.4 Å². The third-order valence-electron chi connectivity index (χ3n) is 2.28. The third kappa shape index (κ3) is 2.92. The van der Waals surface area contributed by atoms with Crippen LogP contribution in [0, 0.1) is 12.7 Å². The Morgan fingerprint density at radius 1 is 1.30 bits per heavy atom. The number of hydrogen-bond acceptors (Lipinski definition) is 4. The molecule has 1 N–H and O–H groups in total. The molecule has 0 saturated heterocycles. The van der Waals surface area contributed by atoms with E-state index in [1.807, 2.05) is 0 Å². The van der Waals surface area contributed by atoms with Crippen molar-refractivity contribution in [2.24, 2.45) is 0 Å². The Morgan fingerprint density at radius 2 is 2.00 bits per heavy atom. The first kappa shape index (κ1) is 14.0. The second-order valence-corrected chi connectivity index (χ2v) is 3.77. The molecule has 0 aliphatic carbocycles. The van der Waals surface area contributed by atoms with E-state index in [1.165, 1.54) is 6.92 Å². The normalized spacial score (nSPS) is 11.4. The molecule has 0 aliphatic heterocycles. The van der Waals surface area contributed by atoms with Crippen LogP contribution in [0.4, 0.5) is 23.6 Å². The molecule has 0 atom stereocenters. The van der Waals surface area contributed by atoms with E-state index in [1.54, 1.807) is 0 Å². The highest BCUT2D eigenvalue weighted by molar-refractivity contribution is 6.03. The van der Waals surface area contributed by atoms with Crippen LogP contribution in [0.25, 0.3) is 0 Å². The van der Waals surface area contributed by atoms with E-state index in [-0.39, 0.29) is 17.5 Å². The van der Waals surface area contributed by atoms with E-state index in [0.717, 1.165) is 6.07 Å². The summed E-state index contributed by atoms with van der Waals surface area (Å²) in [5.74, 6) is -2.20. The zero-order valence-corrected chi connectivity index (χ0v) is 9.95. The summed E-state index contributed by atoms with van der Waals surface area (Å²) in [6, 6.07) is 1.64. The minimum atomic E-state index is -4.89. The quantitative estimate of drug-likeness (QED) is 0.863. The lowest BCUT2D eigenvalue weighted by atomic mass is 10.1. The standard InChI is InChI=1S/C11H7F4N3O2/c1-5-17-18-10(20-5)16-9(19)6-2-3-8(12)7(4-6)11(13,14)15/h2-4H,1H3,(H,16,18,19). The minimum Gasteiger partial charge on any atom is -0.408 e. The molecule has 0 saturated carbocycles. The van der Waals surface area contributed by atoms with Gasteiger partial charge in [0.05, 0.1) is 5.56 Å². The number of nitrogens with one attached hydrogen (secondary N) is 1. The van der Waals surface area contributed by atoms with Gasteiger partial charge >= 0.3 is 12.2 Å². The summed E-state index contributed by atoms with van der Waals surface area (Å²) in [5.41, 5.74) is -1.90. The molecule has 5 nitrogen and oxygen atoms in total. The Labute approximate surface area is 109 Å². The summed E-state index contributed by atoms with van der Waals surface area (Å²) in [5, 5.41) is 9.00. The molecule has 1 aromatic carbocycles. The number of aromatic nitrogens is 2. The summed E-state index contributed by atoms with van der Waals surface area (Å²) >= 11 is 0. The maximum atomic E-state index is 13.1. The smallest absolute Gasteiger partial charge is 0.408 e. The van der Waals surface area contributed by atoms with Crippen LogP contribution in [0.15, 0.2) is 22.6 Å². The van der Waals surface area contributed by atoms with Gasteiger partial charge in [0.2, 0.25) is 5.89 Å². The van der Waals surface area contributed by atoms with Crippen LogP contribution in [0.1, 0.15) is 21.8 Å². The van der Waals surface area contributed by atoms with Crippen LogP contribution in [-0.4, -0.2) is 16.1 Å². The van der Waals surface area contributed by atoms with Crippen molar-refractivity contribution in [1.29, 1.82) is 0 Å². The molecule has 2 rings (SSSR count). The monoisotopic (exact) mass is 289 g/mol. The van der Waals surface area contributed by atoms with Gasteiger partial charge in [-0.25, -0.2) is 4.39 Å². The van der Waals surface area contributed by atoms with Crippen molar-refractivity contribution in [1.82, 2.24) is 10.2 Å². The summed E-state index contributed by atoms with van der Waals surface area (Å²) in [6.07, 6.45) is -4.89. The fraction of sp³-hybridized carbons (Fsp3) is 0.182. The number of nitrogens with zero attached hydrogens (tertiary/aromatic N) is 2. The van der Waals surface area contributed by atoms with Gasteiger partial charge in [-0.2, -0.15) is 13.2 Å². The van der Waals surface area contributed by atoms with Crippen LogP contribution in [0.2, 0.25) is 0 Å². The van der Waals surface area contributed by atoms with Crippen LogP contribution in [0.3, 0.4) is 0 Å². The summed E-state index contributed by atoms with van der Waals surface area (Å²) in [4.78, 5) is 11.7. The highest BCUT2D eigenvalue weighted by Gasteiger charge is 2.34. The number of benzene rings is 1. The molecule has 0 fully saturated rings. The number of amides is 1. The Balaban J connectivity index is 2.27. The topological polar surface area (TPSA) is 68.0 Å². The highest BCUT2D eigenvalue weighted by Crippen LogP contribution is 2.32. The molecular weight excluding hydrogens is 282 g/mol. The molecule has 2 aromatic rings. The SMILES string of the molecule is Cc1nnc(NC(=O)c2ccc(F)c(C(F)(F)F)c2)o1. The number of hydrogen-bond donors (Lipinski definition) is 1. The molecule has 106 valence electrons. The molecule has 0 bridgehead atoms. The number of rotatable bonds is 2. The number of carbonyl (C=O) groups excluding carboxylic acids is 1. The van der Waals surface area contributed by atoms with E-state index in [0.29, 0.717) is 12.1 Å². The number of anilines is 1. The fourth-order valence-electron chi connectivity index (χ4n) is 1.40. The van der Waals surface area contributed by atoms with Gasteiger partial charge < -0.3 is 4.42 Å². The molecular formula is C11H7F4N3O2. The number of carbonyl (C=O) groups is 1. The average molecular weight is 289 g/mol. The summed E-state index contributed by atoms with van der Waals surface area (Å²) in [7, 11) is 0. The van der Waals surface area contributed by atoms with Crippen LogP contribution in [0.5, 0.6) is 0 Å². The third-order valence-corrected chi connectivity index (χ3v) is 2.28. The molecule has 1 aromatic heterocycles. The van der Waals surface area contributed by atoms with E-state index >= 15 is 0 Å². The van der Waals surface area contributed by atoms with Crippen molar-refractivity contribution in [3.8, 4) is 0 Å². The van der Waals surface area contributed by atoms with Crippen molar-refractivity contribution in [3.63, 3.8) is 0 Å². The molecule has 20 heavy (non-hydrogen) atoms. The predicted octanol–water partition coefficient (Wildman–Crippen LogP) is 2.79. The van der Waals surface area contributed by atoms with E-state index in [4.69, 9.17) is 4.42 Å². The predicted molar refractivity (Wildman–Crippen MR) is 58.4 cm³/mol. The van der Waals surface area contributed by atoms with Gasteiger partial charge in [0.1, 0.15) is 5.82 Å². The lowest BCUT2D eigenvalue weighted by Crippen LogP contribution is -2.15. The minimum absolute atomic E-state index is 0.176. The maximum Gasteiger partial charge on any atom is 0.419 e. The summed E-state index contributed by atoms with van der Waals surface area (Å²) < 4.78 is 55.4. The average Bonchev–Trinajstić information content (AvgIpc) is 2.73. The zero-order valence-electron chi connectivity index (χ0n) is 9.95. The summed E-state index contributed by atoms with van der Waals surface area (Å²) in [6.45, 7) is 1.47. The van der Waals surface area contributed by atoms with Crippen molar-refractivity contribution in [3.05, 3.63) is 41.0 Å². The number of halogens is 4. The van der Waals surface area contributed by atoms with Crippen LogP contribution < -0.4 is 5.32 Å². The molecule has 1 amide bonds. The fourth-order valence-corrected chi connectivity index (χ4v) is 1.40. The van der Waals surface area contributed by atoms with Crippen molar-refractivity contribution in [2.75, 3.05) is 5.32 Å². The molecule has 0 unspecified atom stereocenters. The van der Waals surface area contributed by atoms with Crippen LogP contribution >= 0.6 is 0 Å². The zero-order chi connectivity index (χ0) is 14.9. The Morgan fingerprint density at radius 3 is 2.55 bits per heavy atom. The molecule has 0 spiro atoms. The maximum absolute atomic E-state index is 13.1. The van der Waals surface area contributed by atoms with Gasteiger partial charge in [0.15, 0.2) is 0 Å². The van der Waals surface area contributed by atoms with Gasteiger partial charge in [0, 0.05) is 12.5 Å². The van der Waals surface area contributed by atoms with Gasteiger partial charge in [0.25, 0.3) is 5.91 Å². The lowest BCUT2D eigenvalue weighted by Gasteiger charge is -2.09. The van der Waals surface area contributed by atoms with Gasteiger partial charge in [-0.05, 0) is 18.2 Å². The molecule has 0 aliphatic rings. The first-order valence-electron chi connectivity index (χ1n) is 5.25. The van der Waals surface area contributed by atoms with Gasteiger partial charge in [-0.1, -0.05) is 5.10 Å². The van der Waals surface area contributed by atoms with Crippen molar-refractivity contribution in [2.45, 2.75) is 13.1 Å². The lowest BCUT2D eigenvalue weighted by molar-refractivity contribution is -0.140. The number of alkyl halides is 3. The first-order valence-corrected chi connectivity index (χ1v) is 5.25. The highest BCUT2D eigenvalue weighted by atomic mass is 19.4. The van der Waals surface area contributed by atoms with Gasteiger partial charge in [-0.3, -0.25) is 10.1 Å². The van der Waals surface area contributed by atoms with Crippen LogP contribution in [-0.2, 0) is 6.18 Å². The molecule has 9 heteroatoms. The Bertz CT molecular complexity index is 651. The molecule has 1 heterocycles. The Kier molecular flexibility index (Phi) is 3.43. The largest absolute Gasteiger partial charge is 0.419 e. The molecule has 0 radical (unpaired) electrons. The number of aryl methyl sites for hydroxylation is 1. The Hall–Kier alpha value is -2.45. The van der Waals surface area contributed by atoms with Crippen molar-refractivity contribution >= 4 is 11.9 Å². The second kappa shape index (κ2) is 4.91. The van der Waals surface area contributed by atoms with E-state index < -0.39 is 23.5 Å². The first-order chi connectivity index (χ1) is 9.27.